The van der Waals surface area contributed by atoms with E-state index in [0.29, 0.717) is 6.04 Å². The molecule has 1 saturated carbocycles. The molecule has 0 saturated heterocycles. The maximum Gasteiger partial charge on any atom is 0.0775 e. The van der Waals surface area contributed by atoms with E-state index in [9.17, 15) is 5.11 Å². The molecule has 1 aromatic carbocycles. The third kappa shape index (κ3) is 1.58. The fraction of sp³-hybridized carbons (Fsp3) is 0.538. The van der Waals surface area contributed by atoms with Crippen molar-refractivity contribution < 1.29 is 5.11 Å². The third-order valence-electron chi connectivity index (χ3n) is 3.72. The molecule has 2 nitrogen and oxygen atoms in total. The van der Waals surface area contributed by atoms with Crippen molar-refractivity contribution in [2.45, 2.75) is 43.9 Å². The molecule has 15 heavy (non-hydrogen) atoms. The van der Waals surface area contributed by atoms with E-state index in [1.165, 1.54) is 30.4 Å². The second-order valence-corrected chi connectivity index (χ2v) is 4.74. The minimum absolute atomic E-state index is 0.173. The van der Waals surface area contributed by atoms with Gasteiger partial charge in [0.2, 0.25) is 0 Å². The maximum absolute atomic E-state index is 10.0. The Balaban J connectivity index is 1.81. The monoisotopic (exact) mass is 203 g/mol. The van der Waals surface area contributed by atoms with Crippen molar-refractivity contribution in [3.05, 3.63) is 35.4 Å². The normalized spacial score (nSPS) is 29.9. The van der Waals surface area contributed by atoms with Crippen molar-refractivity contribution in [3.63, 3.8) is 0 Å². The molecular weight excluding hydrogens is 186 g/mol. The first-order valence-corrected chi connectivity index (χ1v) is 5.86. The van der Waals surface area contributed by atoms with Gasteiger partial charge in [-0.15, -0.1) is 0 Å². The summed E-state index contributed by atoms with van der Waals surface area (Å²) in [6.45, 7) is 0. The zero-order chi connectivity index (χ0) is 10.3. The van der Waals surface area contributed by atoms with Crippen LogP contribution in [0.25, 0.3) is 0 Å². The molecule has 1 fully saturated rings. The van der Waals surface area contributed by atoms with Gasteiger partial charge in [0.05, 0.1) is 12.1 Å². The summed E-state index contributed by atoms with van der Waals surface area (Å²) in [5.41, 5.74) is 2.61. The highest BCUT2D eigenvalue weighted by Gasteiger charge is 2.33. The summed E-state index contributed by atoms with van der Waals surface area (Å²) in [6, 6.07) is 9.19. The Bertz CT molecular complexity index is 359. The van der Waals surface area contributed by atoms with Gasteiger partial charge in [0.1, 0.15) is 0 Å². The molecule has 1 aromatic rings. The zero-order valence-corrected chi connectivity index (χ0v) is 8.82. The predicted molar refractivity (Wildman–Crippen MR) is 59.7 cm³/mol. The number of aliphatic hydroxyl groups is 1. The summed E-state index contributed by atoms with van der Waals surface area (Å²) >= 11 is 0. The van der Waals surface area contributed by atoms with E-state index >= 15 is 0 Å². The molecule has 0 aliphatic heterocycles. The molecular formula is C13H17NO. The van der Waals surface area contributed by atoms with Crippen molar-refractivity contribution >= 4 is 0 Å². The van der Waals surface area contributed by atoms with E-state index in [1.807, 2.05) is 0 Å². The Kier molecular flexibility index (Phi) is 2.26. The molecule has 2 unspecified atom stereocenters. The Morgan fingerprint density at radius 2 is 2.00 bits per heavy atom. The van der Waals surface area contributed by atoms with Gasteiger partial charge in [-0.1, -0.05) is 30.7 Å². The van der Waals surface area contributed by atoms with E-state index in [0.717, 1.165) is 6.42 Å². The fourth-order valence-electron chi connectivity index (χ4n) is 2.60. The molecule has 0 radical (unpaired) electrons. The van der Waals surface area contributed by atoms with Crippen molar-refractivity contribution in [3.8, 4) is 0 Å². The van der Waals surface area contributed by atoms with E-state index in [4.69, 9.17) is 0 Å². The Labute approximate surface area is 90.3 Å². The molecule has 80 valence electrons. The number of fused-ring (bicyclic) bond motifs is 1. The second kappa shape index (κ2) is 3.62. The lowest BCUT2D eigenvalue weighted by atomic mass is 9.91. The van der Waals surface area contributed by atoms with Crippen molar-refractivity contribution in [2.24, 2.45) is 0 Å². The summed E-state index contributed by atoms with van der Waals surface area (Å²) in [7, 11) is 0. The van der Waals surface area contributed by atoms with Crippen LogP contribution in [0.15, 0.2) is 24.3 Å². The van der Waals surface area contributed by atoms with Crippen LogP contribution in [-0.2, 0) is 6.42 Å². The van der Waals surface area contributed by atoms with Crippen LogP contribution in [0.3, 0.4) is 0 Å². The largest absolute Gasteiger partial charge is 0.391 e. The van der Waals surface area contributed by atoms with Crippen molar-refractivity contribution in [1.29, 1.82) is 0 Å². The van der Waals surface area contributed by atoms with Crippen molar-refractivity contribution in [1.82, 2.24) is 5.32 Å². The maximum atomic E-state index is 10.0. The topological polar surface area (TPSA) is 32.3 Å². The number of aliphatic hydroxyl groups excluding tert-OH is 1. The average molecular weight is 203 g/mol. The summed E-state index contributed by atoms with van der Waals surface area (Å²) in [6.07, 6.45) is 4.45. The molecule has 2 aliphatic carbocycles. The van der Waals surface area contributed by atoms with Gasteiger partial charge < -0.3 is 10.4 Å². The summed E-state index contributed by atoms with van der Waals surface area (Å²) in [4.78, 5) is 0. The van der Waals surface area contributed by atoms with E-state index in [1.54, 1.807) is 0 Å². The number of nitrogens with one attached hydrogen (secondary N) is 1. The molecule has 0 heterocycles. The average Bonchev–Trinajstić information content (AvgIpc) is 2.48. The van der Waals surface area contributed by atoms with Gasteiger partial charge in [-0.05, 0) is 24.0 Å². The fourth-order valence-corrected chi connectivity index (χ4v) is 2.60. The number of hydrogen-bond acceptors (Lipinski definition) is 2. The first-order valence-electron chi connectivity index (χ1n) is 5.86. The second-order valence-electron chi connectivity index (χ2n) is 4.74. The van der Waals surface area contributed by atoms with Gasteiger partial charge in [0.25, 0.3) is 0 Å². The Hall–Kier alpha value is -0.860. The van der Waals surface area contributed by atoms with Gasteiger partial charge in [0, 0.05) is 12.5 Å². The summed E-state index contributed by atoms with van der Waals surface area (Å²) in [5, 5.41) is 13.6. The molecule has 0 bridgehead atoms. The van der Waals surface area contributed by atoms with E-state index in [2.05, 4.69) is 29.6 Å². The van der Waals surface area contributed by atoms with Crippen LogP contribution < -0.4 is 5.32 Å². The van der Waals surface area contributed by atoms with Crippen LogP contribution in [0.4, 0.5) is 0 Å². The van der Waals surface area contributed by atoms with Crippen LogP contribution in [0.1, 0.15) is 36.4 Å². The SMILES string of the molecule is OC1Cc2ccccc2C1NC1CCC1. The van der Waals surface area contributed by atoms with Gasteiger partial charge in [-0.2, -0.15) is 0 Å². The third-order valence-corrected chi connectivity index (χ3v) is 3.72. The number of benzene rings is 1. The lowest BCUT2D eigenvalue weighted by Gasteiger charge is -2.31. The predicted octanol–water partition coefficient (Wildman–Crippen LogP) is 1.79. The van der Waals surface area contributed by atoms with Crippen LogP contribution in [0.2, 0.25) is 0 Å². The van der Waals surface area contributed by atoms with Gasteiger partial charge in [-0.3, -0.25) is 0 Å². The standard InChI is InChI=1S/C13H17NO/c15-12-8-9-4-1-2-7-11(9)13(12)14-10-5-3-6-10/h1-2,4,7,10,12-15H,3,5-6,8H2. The van der Waals surface area contributed by atoms with Gasteiger partial charge in [-0.25, -0.2) is 0 Å². The molecule has 2 heteroatoms. The first-order chi connectivity index (χ1) is 7.34. The highest BCUT2D eigenvalue weighted by atomic mass is 16.3. The van der Waals surface area contributed by atoms with E-state index in [-0.39, 0.29) is 12.1 Å². The highest BCUT2D eigenvalue weighted by molar-refractivity contribution is 5.36. The zero-order valence-electron chi connectivity index (χ0n) is 8.82. The lowest BCUT2D eigenvalue weighted by molar-refractivity contribution is 0.125. The molecule has 2 aliphatic rings. The smallest absolute Gasteiger partial charge is 0.0775 e. The Morgan fingerprint density at radius 3 is 2.73 bits per heavy atom. The molecule has 0 aromatic heterocycles. The minimum atomic E-state index is -0.233. The molecule has 3 rings (SSSR count). The molecule has 0 amide bonds. The quantitative estimate of drug-likeness (QED) is 0.768. The van der Waals surface area contributed by atoms with Crippen molar-refractivity contribution in [2.75, 3.05) is 0 Å². The van der Waals surface area contributed by atoms with Gasteiger partial charge in [0.15, 0.2) is 0 Å². The van der Waals surface area contributed by atoms with Crippen LogP contribution in [0, 0.1) is 0 Å². The minimum Gasteiger partial charge on any atom is -0.391 e. The Morgan fingerprint density at radius 1 is 1.20 bits per heavy atom. The molecule has 0 spiro atoms. The summed E-state index contributed by atoms with van der Waals surface area (Å²) in [5.74, 6) is 0. The van der Waals surface area contributed by atoms with Crippen LogP contribution >= 0.6 is 0 Å². The van der Waals surface area contributed by atoms with Gasteiger partial charge >= 0.3 is 0 Å². The first kappa shape index (κ1) is 9.37. The number of rotatable bonds is 2. The molecule has 2 atom stereocenters. The van der Waals surface area contributed by atoms with Crippen LogP contribution in [-0.4, -0.2) is 17.3 Å². The summed E-state index contributed by atoms with van der Waals surface area (Å²) < 4.78 is 0. The molecule has 2 N–H and O–H groups in total. The highest BCUT2D eigenvalue weighted by Crippen LogP contribution is 2.33. The number of hydrogen-bond donors (Lipinski definition) is 2. The lowest BCUT2D eigenvalue weighted by Crippen LogP contribution is -2.41. The van der Waals surface area contributed by atoms with Crippen LogP contribution in [0.5, 0.6) is 0 Å². The van der Waals surface area contributed by atoms with E-state index < -0.39 is 0 Å².